The molecule has 132 valence electrons. The van der Waals surface area contributed by atoms with Crippen LogP contribution in [-0.2, 0) is 4.79 Å². The lowest BCUT2D eigenvalue weighted by atomic mass is 9.89. The molecule has 1 atom stereocenters. The number of benzene rings is 2. The van der Waals surface area contributed by atoms with Crippen molar-refractivity contribution in [1.82, 2.24) is 0 Å². The summed E-state index contributed by atoms with van der Waals surface area (Å²) >= 11 is 1.56. The first kappa shape index (κ1) is 16.8. The van der Waals surface area contributed by atoms with Gasteiger partial charge in [0.15, 0.2) is 0 Å². The van der Waals surface area contributed by atoms with Gasteiger partial charge in [-0.25, -0.2) is 4.39 Å². The lowest BCUT2D eigenvalue weighted by Gasteiger charge is -2.24. The average Bonchev–Trinajstić information content (AvgIpc) is 3.05. The summed E-state index contributed by atoms with van der Waals surface area (Å²) < 4.78 is 19.8. The Balaban J connectivity index is 1.79. The van der Waals surface area contributed by atoms with Gasteiger partial charge in [0.25, 0.3) is 0 Å². The maximum absolute atomic E-state index is 14.3. The largest absolute Gasteiger partial charge is 0.494 e. The molecule has 0 saturated carbocycles. The summed E-state index contributed by atoms with van der Waals surface area (Å²) in [6.07, 6.45) is 0.375. The Hall–Kier alpha value is -2.66. The Bertz CT molecular complexity index is 966. The molecule has 4 rings (SSSR count). The van der Waals surface area contributed by atoms with Crippen molar-refractivity contribution in [1.29, 1.82) is 0 Å². The summed E-state index contributed by atoms with van der Waals surface area (Å²) in [5.41, 5.74) is 3.01. The lowest BCUT2D eigenvalue weighted by molar-refractivity contribution is -0.116. The number of fused-ring (bicyclic) bond motifs is 1. The van der Waals surface area contributed by atoms with Crippen LogP contribution < -0.4 is 10.1 Å². The van der Waals surface area contributed by atoms with Crippen molar-refractivity contribution in [2.75, 3.05) is 11.9 Å². The summed E-state index contributed by atoms with van der Waals surface area (Å²) in [5, 5.41) is 4.87. The van der Waals surface area contributed by atoms with Gasteiger partial charge >= 0.3 is 0 Å². The van der Waals surface area contributed by atoms with Gasteiger partial charge in [-0.3, -0.25) is 4.79 Å². The fraction of sp³-hybridized carbons (Fsp3) is 0.190. The van der Waals surface area contributed by atoms with E-state index in [1.807, 2.05) is 36.6 Å². The number of amides is 1. The molecule has 0 aliphatic carbocycles. The summed E-state index contributed by atoms with van der Waals surface area (Å²) in [7, 11) is 0. The predicted octanol–water partition coefficient (Wildman–Crippen LogP) is 5.43. The molecule has 1 N–H and O–H groups in total. The van der Waals surface area contributed by atoms with Gasteiger partial charge in [0.2, 0.25) is 5.91 Å². The highest BCUT2D eigenvalue weighted by atomic mass is 32.1. The van der Waals surface area contributed by atoms with E-state index >= 15 is 0 Å². The minimum absolute atomic E-state index is 0.0512. The van der Waals surface area contributed by atoms with Gasteiger partial charge in [-0.15, -0.1) is 11.3 Å². The van der Waals surface area contributed by atoms with Crippen LogP contribution in [0, 0.1) is 5.82 Å². The Morgan fingerprint density at radius 2 is 2.04 bits per heavy atom. The second-order valence-electron chi connectivity index (χ2n) is 6.18. The maximum atomic E-state index is 14.3. The zero-order valence-corrected chi connectivity index (χ0v) is 15.1. The number of thiophene rings is 1. The number of nitrogens with one attached hydrogen (secondary N) is 1. The first-order valence-corrected chi connectivity index (χ1v) is 9.44. The second kappa shape index (κ2) is 6.92. The zero-order valence-electron chi connectivity index (χ0n) is 14.3. The Morgan fingerprint density at radius 1 is 1.19 bits per heavy atom. The minimum atomic E-state index is -0.289. The summed E-state index contributed by atoms with van der Waals surface area (Å²) in [5.74, 6) is 0.399. The van der Waals surface area contributed by atoms with Crippen LogP contribution >= 0.6 is 11.3 Å². The van der Waals surface area contributed by atoms with E-state index < -0.39 is 0 Å². The smallest absolute Gasteiger partial charge is 0.225 e. The quantitative estimate of drug-likeness (QED) is 0.668. The standard InChI is InChI=1S/C21H18FNO2S/c1-2-25-14-7-5-6-13(10-14)16-11-19(24)23-20-17(12-26-21(16)20)15-8-3-4-9-18(15)22/h3-10,12,16H,2,11H2,1H3,(H,23,24)/t16-/m0/s1. The molecule has 0 unspecified atom stereocenters. The predicted molar refractivity (Wildman–Crippen MR) is 102 cm³/mol. The molecule has 5 heteroatoms. The molecular formula is C21H18FNO2S. The fourth-order valence-corrected chi connectivity index (χ4v) is 4.51. The highest BCUT2D eigenvalue weighted by molar-refractivity contribution is 7.11. The molecule has 1 aromatic heterocycles. The molecule has 0 radical (unpaired) electrons. The average molecular weight is 367 g/mol. The zero-order chi connectivity index (χ0) is 18.1. The van der Waals surface area contributed by atoms with Gasteiger partial charge in [-0.2, -0.15) is 0 Å². The van der Waals surface area contributed by atoms with Crippen LogP contribution in [0.25, 0.3) is 11.1 Å². The SMILES string of the molecule is CCOc1cccc([C@@H]2CC(=O)Nc3c(-c4ccccc4F)csc32)c1. The van der Waals surface area contributed by atoms with Crippen LogP contribution in [0.4, 0.5) is 10.1 Å². The number of ether oxygens (including phenoxy) is 1. The second-order valence-corrected chi connectivity index (χ2v) is 7.09. The van der Waals surface area contributed by atoms with E-state index in [1.54, 1.807) is 29.5 Å². The summed E-state index contributed by atoms with van der Waals surface area (Å²) in [4.78, 5) is 13.4. The third-order valence-corrected chi connectivity index (χ3v) is 5.62. The van der Waals surface area contributed by atoms with Crippen molar-refractivity contribution >= 4 is 22.9 Å². The summed E-state index contributed by atoms with van der Waals surface area (Å²) in [6.45, 7) is 2.54. The van der Waals surface area contributed by atoms with E-state index in [2.05, 4.69) is 5.32 Å². The van der Waals surface area contributed by atoms with Crippen molar-refractivity contribution in [3.8, 4) is 16.9 Å². The molecule has 26 heavy (non-hydrogen) atoms. The Kier molecular flexibility index (Phi) is 4.47. The van der Waals surface area contributed by atoms with Crippen LogP contribution in [0.5, 0.6) is 5.75 Å². The molecule has 0 fully saturated rings. The minimum Gasteiger partial charge on any atom is -0.494 e. The molecule has 1 aliphatic rings. The Morgan fingerprint density at radius 3 is 2.85 bits per heavy atom. The van der Waals surface area contributed by atoms with Crippen LogP contribution in [0.15, 0.2) is 53.9 Å². The van der Waals surface area contributed by atoms with Crippen LogP contribution in [0.2, 0.25) is 0 Å². The van der Waals surface area contributed by atoms with E-state index in [9.17, 15) is 9.18 Å². The molecule has 0 spiro atoms. The van der Waals surface area contributed by atoms with Crippen LogP contribution in [-0.4, -0.2) is 12.5 Å². The van der Waals surface area contributed by atoms with Crippen LogP contribution in [0.3, 0.4) is 0 Å². The number of carbonyl (C=O) groups excluding carboxylic acids is 1. The fourth-order valence-electron chi connectivity index (χ4n) is 3.36. The van der Waals surface area contributed by atoms with E-state index in [0.29, 0.717) is 18.6 Å². The van der Waals surface area contributed by atoms with Crippen LogP contribution in [0.1, 0.15) is 29.7 Å². The number of halogens is 1. The van der Waals surface area contributed by atoms with E-state index in [-0.39, 0.29) is 17.6 Å². The van der Waals surface area contributed by atoms with Gasteiger partial charge in [0.1, 0.15) is 11.6 Å². The number of anilines is 1. The van der Waals surface area contributed by atoms with Crippen molar-refractivity contribution in [2.45, 2.75) is 19.3 Å². The van der Waals surface area contributed by atoms with Gasteiger partial charge in [-0.05, 0) is 30.7 Å². The third-order valence-electron chi connectivity index (χ3n) is 4.53. The molecule has 3 nitrogen and oxygen atoms in total. The van der Waals surface area contributed by atoms with Crippen molar-refractivity contribution in [3.63, 3.8) is 0 Å². The number of hydrogen-bond acceptors (Lipinski definition) is 3. The molecule has 2 heterocycles. The van der Waals surface area contributed by atoms with E-state index in [0.717, 1.165) is 27.4 Å². The molecule has 1 aliphatic heterocycles. The number of hydrogen-bond donors (Lipinski definition) is 1. The molecule has 1 amide bonds. The topological polar surface area (TPSA) is 38.3 Å². The number of carbonyl (C=O) groups is 1. The molecule has 2 aromatic carbocycles. The van der Waals surface area contributed by atoms with E-state index in [1.165, 1.54) is 6.07 Å². The number of rotatable bonds is 4. The highest BCUT2D eigenvalue weighted by Crippen LogP contribution is 2.47. The molecule has 3 aromatic rings. The van der Waals surface area contributed by atoms with Crippen molar-refractivity contribution in [2.24, 2.45) is 0 Å². The molecule has 0 bridgehead atoms. The lowest BCUT2D eigenvalue weighted by Crippen LogP contribution is -2.22. The highest BCUT2D eigenvalue weighted by Gasteiger charge is 2.31. The van der Waals surface area contributed by atoms with Gasteiger partial charge < -0.3 is 10.1 Å². The van der Waals surface area contributed by atoms with Gasteiger partial charge in [-0.1, -0.05) is 30.3 Å². The maximum Gasteiger partial charge on any atom is 0.225 e. The normalized spacial score (nSPS) is 16.1. The third kappa shape index (κ3) is 2.99. The van der Waals surface area contributed by atoms with Gasteiger partial charge in [0.05, 0.1) is 12.3 Å². The monoisotopic (exact) mass is 367 g/mol. The molecule has 0 saturated heterocycles. The van der Waals surface area contributed by atoms with E-state index in [4.69, 9.17) is 4.74 Å². The first-order chi connectivity index (χ1) is 12.7. The first-order valence-electron chi connectivity index (χ1n) is 8.56. The van der Waals surface area contributed by atoms with Crippen molar-refractivity contribution < 1.29 is 13.9 Å². The Labute approximate surface area is 155 Å². The summed E-state index contributed by atoms with van der Waals surface area (Å²) in [6, 6.07) is 14.5. The van der Waals surface area contributed by atoms with Gasteiger partial charge in [0, 0.05) is 33.7 Å². The molecular weight excluding hydrogens is 349 g/mol. The van der Waals surface area contributed by atoms with Crippen molar-refractivity contribution in [3.05, 3.63) is 70.2 Å².